The minimum Gasteiger partial charge on any atom is -0.388 e. The summed E-state index contributed by atoms with van der Waals surface area (Å²) in [6.07, 6.45) is 2.56. The highest BCUT2D eigenvalue weighted by Crippen LogP contribution is 2.43. The molecule has 3 aromatic rings. The molecule has 2 aliphatic rings. The van der Waals surface area contributed by atoms with Crippen LogP contribution in [0.2, 0.25) is 0 Å². The number of nitrogens with one attached hydrogen (secondary N) is 1. The van der Waals surface area contributed by atoms with Crippen molar-refractivity contribution in [1.29, 1.82) is 0 Å². The van der Waals surface area contributed by atoms with Crippen LogP contribution in [-0.2, 0) is 4.74 Å². The van der Waals surface area contributed by atoms with E-state index in [-0.39, 0.29) is 11.5 Å². The van der Waals surface area contributed by atoms with Crippen LogP contribution >= 0.6 is 0 Å². The third-order valence-electron chi connectivity index (χ3n) is 6.13. The Morgan fingerprint density at radius 1 is 1.25 bits per heavy atom. The van der Waals surface area contributed by atoms with Crippen molar-refractivity contribution in [3.63, 3.8) is 0 Å². The molecule has 2 N–H and O–H groups in total. The van der Waals surface area contributed by atoms with Crippen LogP contribution in [0.4, 0.5) is 0 Å². The highest BCUT2D eigenvalue weighted by molar-refractivity contribution is 5.86. The van der Waals surface area contributed by atoms with Gasteiger partial charge in [-0.3, -0.25) is 0 Å². The molecule has 1 saturated heterocycles. The molecule has 2 unspecified atom stereocenters. The number of fused-ring (bicyclic) bond motifs is 1. The Labute approximate surface area is 164 Å². The van der Waals surface area contributed by atoms with E-state index in [1.807, 2.05) is 13.8 Å². The van der Waals surface area contributed by atoms with Crippen molar-refractivity contribution in [3.05, 3.63) is 35.0 Å². The van der Waals surface area contributed by atoms with Crippen molar-refractivity contribution in [1.82, 2.24) is 15.1 Å². The van der Waals surface area contributed by atoms with E-state index in [0.717, 1.165) is 51.4 Å². The molecule has 3 heterocycles. The van der Waals surface area contributed by atoms with Gasteiger partial charge < -0.3 is 19.4 Å². The summed E-state index contributed by atoms with van der Waals surface area (Å²) in [4.78, 5) is 8.37. The van der Waals surface area contributed by atoms with E-state index in [0.29, 0.717) is 12.5 Å². The Bertz CT molecular complexity index is 1030. The quantitative estimate of drug-likeness (QED) is 0.692. The van der Waals surface area contributed by atoms with Gasteiger partial charge in [-0.2, -0.15) is 0 Å². The Morgan fingerprint density at radius 3 is 2.64 bits per heavy atom. The van der Waals surface area contributed by atoms with Gasteiger partial charge in [0.15, 0.2) is 0 Å². The van der Waals surface area contributed by atoms with Gasteiger partial charge in [-0.15, -0.1) is 0 Å². The zero-order valence-corrected chi connectivity index (χ0v) is 16.9. The minimum atomic E-state index is -0.625. The summed E-state index contributed by atoms with van der Waals surface area (Å²) in [6, 6.07) is 4.16. The Balaban J connectivity index is 1.65. The number of benzene rings is 1. The van der Waals surface area contributed by atoms with E-state index >= 15 is 0 Å². The zero-order valence-electron chi connectivity index (χ0n) is 16.9. The first-order valence-corrected chi connectivity index (χ1v) is 10.1. The number of hydrogen-bond acceptors (Lipinski definition) is 5. The Morgan fingerprint density at radius 2 is 2.04 bits per heavy atom. The molecule has 6 nitrogen and oxygen atoms in total. The van der Waals surface area contributed by atoms with Gasteiger partial charge in [0, 0.05) is 23.0 Å². The lowest BCUT2D eigenvalue weighted by molar-refractivity contribution is 0.0296. The molecule has 6 heteroatoms. The largest absolute Gasteiger partial charge is 0.388 e. The van der Waals surface area contributed by atoms with Crippen LogP contribution in [0.1, 0.15) is 68.0 Å². The Kier molecular flexibility index (Phi) is 3.93. The van der Waals surface area contributed by atoms with Crippen LogP contribution in [0.3, 0.4) is 0 Å². The third-order valence-corrected chi connectivity index (χ3v) is 6.13. The molecule has 5 rings (SSSR count). The summed E-state index contributed by atoms with van der Waals surface area (Å²) in [5.41, 5.74) is 5.34. The molecule has 2 atom stereocenters. The number of aliphatic hydroxyl groups excluding tert-OH is 1. The molecule has 1 aliphatic carbocycles. The second-order valence-corrected chi connectivity index (χ2v) is 9.04. The SMILES string of the molecule is Cc1noc(C)c1-c1cc(C(O)C2COC(C)(C)C2)c2nc(C3CC3)[nH]c2c1. The van der Waals surface area contributed by atoms with Gasteiger partial charge in [0.05, 0.1) is 35.0 Å². The molecule has 0 bridgehead atoms. The van der Waals surface area contributed by atoms with E-state index in [1.165, 1.54) is 12.8 Å². The molecule has 1 aromatic carbocycles. The van der Waals surface area contributed by atoms with Gasteiger partial charge in [0.2, 0.25) is 0 Å². The first kappa shape index (κ1) is 17.9. The van der Waals surface area contributed by atoms with Crippen molar-refractivity contribution in [3.8, 4) is 11.1 Å². The number of hydrogen-bond donors (Lipinski definition) is 2. The minimum absolute atomic E-state index is 0.0548. The van der Waals surface area contributed by atoms with Crippen molar-refractivity contribution in [2.45, 2.75) is 64.6 Å². The van der Waals surface area contributed by atoms with Crippen LogP contribution in [0.15, 0.2) is 16.7 Å². The monoisotopic (exact) mass is 381 g/mol. The van der Waals surface area contributed by atoms with E-state index in [9.17, 15) is 5.11 Å². The van der Waals surface area contributed by atoms with Gasteiger partial charge in [-0.25, -0.2) is 4.98 Å². The number of aryl methyl sites for hydroxylation is 2. The van der Waals surface area contributed by atoms with E-state index in [1.54, 1.807) is 0 Å². The molecule has 2 aromatic heterocycles. The number of ether oxygens (including phenoxy) is 1. The standard InChI is InChI=1S/C22H27N3O3/c1-11-18(12(2)28-25-11)14-7-16(20(26)15-9-22(3,4)27-10-15)19-17(8-14)23-21(24-19)13-5-6-13/h7-8,13,15,20,26H,5-6,9-10H2,1-4H3,(H,23,24). The van der Waals surface area contributed by atoms with Crippen LogP contribution < -0.4 is 0 Å². The van der Waals surface area contributed by atoms with Crippen molar-refractivity contribution in [2.75, 3.05) is 6.61 Å². The molecule has 0 amide bonds. The maximum absolute atomic E-state index is 11.3. The topological polar surface area (TPSA) is 84.2 Å². The summed E-state index contributed by atoms with van der Waals surface area (Å²) < 4.78 is 11.3. The first-order valence-electron chi connectivity index (χ1n) is 10.1. The van der Waals surface area contributed by atoms with Crippen molar-refractivity contribution >= 4 is 11.0 Å². The lowest BCUT2D eigenvalue weighted by Gasteiger charge is -2.20. The molecule has 148 valence electrons. The fourth-order valence-corrected chi connectivity index (χ4v) is 4.52. The maximum Gasteiger partial charge on any atom is 0.141 e. The highest BCUT2D eigenvalue weighted by atomic mass is 16.5. The molecule has 0 radical (unpaired) electrons. The van der Waals surface area contributed by atoms with Gasteiger partial charge >= 0.3 is 0 Å². The van der Waals surface area contributed by atoms with Gasteiger partial charge in [-0.05, 0) is 64.7 Å². The van der Waals surface area contributed by atoms with E-state index in [2.05, 4.69) is 36.1 Å². The summed E-state index contributed by atoms with van der Waals surface area (Å²) in [5, 5.41) is 15.4. The fraction of sp³-hybridized carbons (Fsp3) is 0.545. The van der Waals surface area contributed by atoms with Gasteiger partial charge in [0.1, 0.15) is 11.6 Å². The molecular formula is C22H27N3O3. The number of nitrogens with zero attached hydrogens (tertiary/aromatic N) is 2. The number of rotatable bonds is 4. The molecule has 1 aliphatic heterocycles. The van der Waals surface area contributed by atoms with Crippen molar-refractivity contribution in [2.24, 2.45) is 5.92 Å². The second kappa shape index (κ2) is 6.16. The predicted molar refractivity (Wildman–Crippen MR) is 106 cm³/mol. The first-order chi connectivity index (χ1) is 13.3. The van der Waals surface area contributed by atoms with Gasteiger partial charge in [-0.1, -0.05) is 5.16 Å². The molecule has 0 spiro atoms. The number of aromatic amines is 1. The number of aliphatic hydroxyl groups is 1. The van der Waals surface area contributed by atoms with E-state index in [4.69, 9.17) is 14.2 Å². The second-order valence-electron chi connectivity index (χ2n) is 9.04. The molecule has 2 fully saturated rings. The maximum atomic E-state index is 11.3. The fourth-order valence-electron chi connectivity index (χ4n) is 4.52. The lowest BCUT2D eigenvalue weighted by atomic mass is 9.88. The summed E-state index contributed by atoms with van der Waals surface area (Å²) in [7, 11) is 0. The van der Waals surface area contributed by atoms with E-state index < -0.39 is 6.10 Å². The van der Waals surface area contributed by atoms with Gasteiger partial charge in [0.25, 0.3) is 0 Å². The molecule has 1 saturated carbocycles. The summed E-state index contributed by atoms with van der Waals surface area (Å²) >= 11 is 0. The number of aromatic nitrogens is 3. The molecular weight excluding hydrogens is 354 g/mol. The van der Waals surface area contributed by atoms with Crippen LogP contribution in [0.5, 0.6) is 0 Å². The number of H-pyrrole nitrogens is 1. The zero-order chi connectivity index (χ0) is 19.6. The van der Waals surface area contributed by atoms with Crippen LogP contribution in [-0.4, -0.2) is 32.4 Å². The normalized spacial score (nSPS) is 22.8. The van der Waals surface area contributed by atoms with Crippen LogP contribution in [0, 0.1) is 19.8 Å². The smallest absolute Gasteiger partial charge is 0.141 e. The average molecular weight is 381 g/mol. The average Bonchev–Trinajstić information content (AvgIpc) is 3.18. The van der Waals surface area contributed by atoms with Crippen LogP contribution in [0.25, 0.3) is 22.2 Å². The summed E-state index contributed by atoms with van der Waals surface area (Å²) in [5.74, 6) is 2.39. The number of imidazole rings is 1. The predicted octanol–water partition coefficient (Wildman–Crippen LogP) is 4.56. The molecule has 28 heavy (non-hydrogen) atoms. The third kappa shape index (κ3) is 2.95. The highest BCUT2D eigenvalue weighted by Gasteiger charge is 2.38. The summed E-state index contributed by atoms with van der Waals surface area (Å²) in [6.45, 7) is 8.59. The lowest BCUT2D eigenvalue weighted by Crippen LogP contribution is -2.18. The van der Waals surface area contributed by atoms with Crippen molar-refractivity contribution < 1.29 is 14.4 Å². The Hall–Kier alpha value is -2.18.